The molecule has 2 rings (SSSR count). The summed E-state index contributed by atoms with van der Waals surface area (Å²) in [5.41, 5.74) is 1.56. The predicted molar refractivity (Wildman–Crippen MR) is 71.6 cm³/mol. The van der Waals surface area contributed by atoms with Crippen LogP contribution in [0.5, 0.6) is 0 Å². The smallest absolute Gasteiger partial charge is 0.0471 e. The lowest BCUT2D eigenvalue weighted by atomic mass is 9.75. The first-order chi connectivity index (χ1) is 8.26. The van der Waals surface area contributed by atoms with E-state index in [1.165, 1.54) is 5.56 Å². The molecule has 0 radical (unpaired) electrons. The van der Waals surface area contributed by atoms with Crippen molar-refractivity contribution in [2.75, 3.05) is 26.8 Å². The SMILES string of the molecule is CNCC1(Cc2ccccc2Cl)CCOCC1. The van der Waals surface area contributed by atoms with Gasteiger partial charge in [-0.3, -0.25) is 0 Å². The molecule has 94 valence electrons. The standard InChI is InChI=1S/C14H20ClNO/c1-16-11-14(6-8-17-9-7-14)10-12-4-2-3-5-13(12)15/h2-5,16H,6-11H2,1H3. The fourth-order valence-electron chi connectivity index (χ4n) is 2.64. The van der Waals surface area contributed by atoms with Crippen molar-refractivity contribution in [3.63, 3.8) is 0 Å². The molecule has 1 aromatic rings. The molecule has 1 aliphatic rings. The Morgan fingerprint density at radius 1 is 1.29 bits per heavy atom. The highest BCUT2D eigenvalue weighted by atomic mass is 35.5. The van der Waals surface area contributed by atoms with E-state index < -0.39 is 0 Å². The zero-order chi connectivity index (χ0) is 12.1. The van der Waals surface area contributed by atoms with Crippen molar-refractivity contribution in [1.29, 1.82) is 0 Å². The Bertz CT molecular complexity index is 355. The lowest BCUT2D eigenvalue weighted by Crippen LogP contribution is -2.39. The van der Waals surface area contributed by atoms with Gasteiger partial charge in [0.1, 0.15) is 0 Å². The monoisotopic (exact) mass is 253 g/mol. The minimum absolute atomic E-state index is 0.304. The summed E-state index contributed by atoms with van der Waals surface area (Å²) >= 11 is 6.25. The van der Waals surface area contributed by atoms with Crippen LogP contribution in [0.4, 0.5) is 0 Å². The van der Waals surface area contributed by atoms with Gasteiger partial charge in [-0.25, -0.2) is 0 Å². The maximum atomic E-state index is 6.25. The van der Waals surface area contributed by atoms with Crippen molar-refractivity contribution in [3.05, 3.63) is 34.9 Å². The van der Waals surface area contributed by atoms with E-state index in [4.69, 9.17) is 16.3 Å². The Hall–Kier alpha value is -0.570. The first kappa shape index (κ1) is 12.9. The lowest BCUT2D eigenvalue weighted by Gasteiger charge is -2.37. The molecule has 0 spiro atoms. The Morgan fingerprint density at radius 2 is 2.00 bits per heavy atom. The van der Waals surface area contributed by atoms with Crippen molar-refractivity contribution < 1.29 is 4.74 Å². The minimum Gasteiger partial charge on any atom is -0.381 e. The minimum atomic E-state index is 0.304. The summed E-state index contributed by atoms with van der Waals surface area (Å²) in [4.78, 5) is 0. The highest BCUT2D eigenvalue weighted by molar-refractivity contribution is 6.31. The summed E-state index contributed by atoms with van der Waals surface area (Å²) in [6.45, 7) is 2.76. The van der Waals surface area contributed by atoms with Crippen LogP contribution in [0.15, 0.2) is 24.3 Å². The third kappa shape index (κ3) is 3.21. The van der Waals surface area contributed by atoms with E-state index in [1.54, 1.807) is 0 Å². The average Bonchev–Trinajstić information content (AvgIpc) is 2.34. The molecule has 1 aliphatic heterocycles. The molecular formula is C14H20ClNO. The Kier molecular flexibility index (Phi) is 4.43. The Balaban J connectivity index is 2.14. The Morgan fingerprint density at radius 3 is 2.65 bits per heavy atom. The van der Waals surface area contributed by atoms with Crippen LogP contribution in [-0.2, 0) is 11.2 Å². The molecule has 0 atom stereocenters. The van der Waals surface area contributed by atoms with E-state index in [2.05, 4.69) is 17.4 Å². The van der Waals surface area contributed by atoms with Gasteiger partial charge in [-0.05, 0) is 43.4 Å². The molecule has 2 nitrogen and oxygen atoms in total. The molecule has 1 fully saturated rings. The van der Waals surface area contributed by atoms with Crippen LogP contribution >= 0.6 is 11.6 Å². The second kappa shape index (κ2) is 5.85. The van der Waals surface area contributed by atoms with Gasteiger partial charge >= 0.3 is 0 Å². The molecular weight excluding hydrogens is 234 g/mol. The first-order valence-electron chi connectivity index (χ1n) is 6.22. The molecule has 0 amide bonds. The maximum absolute atomic E-state index is 6.25. The maximum Gasteiger partial charge on any atom is 0.0471 e. The van der Waals surface area contributed by atoms with E-state index >= 15 is 0 Å². The number of hydrogen-bond acceptors (Lipinski definition) is 2. The van der Waals surface area contributed by atoms with Crippen molar-refractivity contribution in [2.45, 2.75) is 19.3 Å². The third-order valence-corrected chi connectivity index (χ3v) is 4.00. The molecule has 1 N–H and O–H groups in total. The van der Waals surface area contributed by atoms with Gasteiger partial charge in [-0.15, -0.1) is 0 Å². The van der Waals surface area contributed by atoms with Gasteiger partial charge in [0.15, 0.2) is 0 Å². The highest BCUT2D eigenvalue weighted by Crippen LogP contribution is 2.35. The van der Waals surface area contributed by atoms with Crippen molar-refractivity contribution >= 4 is 11.6 Å². The van der Waals surface area contributed by atoms with Crippen molar-refractivity contribution in [1.82, 2.24) is 5.32 Å². The number of hydrogen-bond donors (Lipinski definition) is 1. The molecule has 0 unspecified atom stereocenters. The number of ether oxygens (including phenoxy) is 1. The second-order valence-corrected chi connectivity index (χ2v) is 5.32. The van der Waals surface area contributed by atoms with E-state index in [0.29, 0.717) is 5.41 Å². The van der Waals surface area contributed by atoms with Crippen LogP contribution in [0, 0.1) is 5.41 Å². The van der Waals surface area contributed by atoms with Crippen LogP contribution in [0.1, 0.15) is 18.4 Å². The van der Waals surface area contributed by atoms with Crippen molar-refractivity contribution in [3.8, 4) is 0 Å². The predicted octanol–water partition coefficient (Wildman–Crippen LogP) is 2.90. The number of benzene rings is 1. The van der Waals surface area contributed by atoms with Gasteiger partial charge in [0, 0.05) is 24.8 Å². The molecule has 0 aromatic heterocycles. The summed E-state index contributed by atoms with van der Waals surface area (Å²) < 4.78 is 5.48. The number of nitrogens with one attached hydrogen (secondary N) is 1. The normalized spacial score (nSPS) is 19.2. The molecule has 0 aliphatic carbocycles. The second-order valence-electron chi connectivity index (χ2n) is 4.91. The third-order valence-electron chi connectivity index (χ3n) is 3.63. The van der Waals surface area contributed by atoms with Gasteiger partial charge in [0.05, 0.1) is 0 Å². The molecule has 1 saturated heterocycles. The van der Waals surface area contributed by atoms with Crippen LogP contribution in [0.3, 0.4) is 0 Å². The zero-order valence-electron chi connectivity index (χ0n) is 10.3. The van der Waals surface area contributed by atoms with Crippen LogP contribution < -0.4 is 5.32 Å². The van der Waals surface area contributed by atoms with Gasteiger partial charge in [0.25, 0.3) is 0 Å². The molecule has 0 saturated carbocycles. The number of rotatable bonds is 4. The lowest BCUT2D eigenvalue weighted by molar-refractivity contribution is 0.0158. The van der Waals surface area contributed by atoms with Crippen LogP contribution in [-0.4, -0.2) is 26.8 Å². The topological polar surface area (TPSA) is 21.3 Å². The van der Waals surface area contributed by atoms with Gasteiger partial charge in [-0.2, -0.15) is 0 Å². The molecule has 1 aromatic carbocycles. The molecule has 3 heteroatoms. The Labute approximate surface area is 108 Å². The summed E-state index contributed by atoms with van der Waals surface area (Å²) in [7, 11) is 2.02. The molecule has 17 heavy (non-hydrogen) atoms. The molecule has 0 bridgehead atoms. The fraction of sp³-hybridized carbons (Fsp3) is 0.571. The highest BCUT2D eigenvalue weighted by Gasteiger charge is 2.32. The summed E-state index contributed by atoms with van der Waals surface area (Å²) in [6.07, 6.45) is 3.26. The van der Waals surface area contributed by atoms with E-state index in [0.717, 1.165) is 44.0 Å². The summed E-state index contributed by atoms with van der Waals surface area (Å²) in [5.74, 6) is 0. The quantitative estimate of drug-likeness (QED) is 0.891. The number of halogens is 1. The fourth-order valence-corrected chi connectivity index (χ4v) is 2.84. The zero-order valence-corrected chi connectivity index (χ0v) is 11.1. The van der Waals surface area contributed by atoms with E-state index in [-0.39, 0.29) is 0 Å². The van der Waals surface area contributed by atoms with Crippen molar-refractivity contribution in [2.24, 2.45) is 5.41 Å². The first-order valence-corrected chi connectivity index (χ1v) is 6.59. The van der Waals surface area contributed by atoms with Crippen LogP contribution in [0.25, 0.3) is 0 Å². The molecule has 1 heterocycles. The van der Waals surface area contributed by atoms with E-state index in [1.807, 2.05) is 19.2 Å². The van der Waals surface area contributed by atoms with Gasteiger partial charge in [0.2, 0.25) is 0 Å². The van der Waals surface area contributed by atoms with Gasteiger partial charge in [-0.1, -0.05) is 29.8 Å². The summed E-state index contributed by atoms with van der Waals surface area (Å²) in [5, 5.41) is 4.20. The largest absolute Gasteiger partial charge is 0.381 e. The average molecular weight is 254 g/mol. The van der Waals surface area contributed by atoms with Crippen LogP contribution in [0.2, 0.25) is 5.02 Å². The summed E-state index contributed by atoms with van der Waals surface area (Å²) in [6, 6.07) is 8.16. The van der Waals surface area contributed by atoms with Gasteiger partial charge < -0.3 is 10.1 Å². The van der Waals surface area contributed by atoms with E-state index in [9.17, 15) is 0 Å².